The molecule has 0 saturated heterocycles. The van der Waals surface area contributed by atoms with Crippen LogP contribution in [-0.2, 0) is 5.41 Å². The van der Waals surface area contributed by atoms with Crippen molar-refractivity contribution in [1.82, 2.24) is 4.57 Å². The second-order valence-electron chi connectivity index (χ2n) is 15.3. The van der Waals surface area contributed by atoms with Crippen molar-refractivity contribution in [3.63, 3.8) is 0 Å². The quantitative estimate of drug-likeness (QED) is 0.167. The third-order valence-corrected chi connectivity index (χ3v) is 12.2. The van der Waals surface area contributed by atoms with Crippen molar-refractivity contribution in [3.05, 3.63) is 175 Å². The van der Waals surface area contributed by atoms with Crippen molar-refractivity contribution in [2.45, 2.75) is 19.3 Å². The van der Waals surface area contributed by atoms with Crippen LogP contribution in [0, 0.1) is 0 Å². The maximum atomic E-state index is 6.40. The zero-order valence-corrected chi connectivity index (χ0v) is 29.4. The molecule has 0 aliphatic heterocycles. The Labute approximate surface area is 306 Å². The molecule has 0 saturated carbocycles. The summed E-state index contributed by atoms with van der Waals surface area (Å²) in [6, 6.07) is 60.4. The molecule has 2 nitrogen and oxygen atoms in total. The molecule has 9 aromatic carbocycles. The van der Waals surface area contributed by atoms with Gasteiger partial charge in [0.05, 0.1) is 11.0 Å². The van der Waals surface area contributed by atoms with E-state index in [4.69, 9.17) is 4.42 Å². The van der Waals surface area contributed by atoms with Crippen LogP contribution < -0.4 is 0 Å². The molecule has 0 N–H and O–H groups in total. The summed E-state index contributed by atoms with van der Waals surface area (Å²) in [6.07, 6.45) is 0. The molecule has 0 unspecified atom stereocenters. The highest BCUT2D eigenvalue weighted by Crippen LogP contribution is 2.54. The van der Waals surface area contributed by atoms with Crippen LogP contribution in [0.2, 0.25) is 0 Å². The van der Waals surface area contributed by atoms with Gasteiger partial charge >= 0.3 is 0 Å². The Kier molecular flexibility index (Phi) is 5.60. The lowest BCUT2D eigenvalue weighted by Gasteiger charge is -2.21. The van der Waals surface area contributed by atoms with Gasteiger partial charge in [0.25, 0.3) is 0 Å². The predicted octanol–water partition coefficient (Wildman–Crippen LogP) is 14.1. The van der Waals surface area contributed by atoms with Crippen LogP contribution in [0.5, 0.6) is 0 Å². The number of furan rings is 1. The molecule has 248 valence electrons. The first-order valence-corrected chi connectivity index (χ1v) is 18.5. The Morgan fingerprint density at radius 3 is 1.75 bits per heavy atom. The van der Waals surface area contributed by atoms with Gasteiger partial charge in [0.15, 0.2) is 0 Å². The fourth-order valence-electron chi connectivity index (χ4n) is 9.67. The molecule has 0 amide bonds. The molecular formula is C51H33NO. The lowest BCUT2D eigenvalue weighted by atomic mass is 9.82. The molecule has 1 aliphatic rings. The van der Waals surface area contributed by atoms with Gasteiger partial charge in [0.2, 0.25) is 0 Å². The Hall–Kier alpha value is -6.64. The normalized spacial score (nSPS) is 13.6. The van der Waals surface area contributed by atoms with E-state index in [0.717, 1.165) is 16.9 Å². The van der Waals surface area contributed by atoms with E-state index < -0.39 is 0 Å². The minimum absolute atomic E-state index is 0.145. The van der Waals surface area contributed by atoms with E-state index >= 15 is 0 Å². The van der Waals surface area contributed by atoms with Crippen LogP contribution in [0.25, 0.3) is 104 Å². The predicted molar refractivity (Wildman–Crippen MR) is 224 cm³/mol. The largest absolute Gasteiger partial charge is 0.456 e. The molecule has 0 fully saturated rings. The third kappa shape index (κ3) is 3.82. The zero-order valence-electron chi connectivity index (χ0n) is 29.4. The van der Waals surface area contributed by atoms with E-state index in [0.29, 0.717) is 0 Å². The molecule has 0 bridgehead atoms. The molecule has 0 spiro atoms. The topological polar surface area (TPSA) is 18.1 Å². The van der Waals surface area contributed by atoms with Crippen molar-refractivity contribution < 1.29 is 4.42 Å². The fraction of sp³-hybridized carbons (Fsp3) is 0.0588. The summed E-state index contributed by atoms with van der Waals surface area (Å²) in [5.74, 6) is 0. The lowest BCUT2D eigenvalue weighted by molar-refractivity contribution is 0.657. The molecule has 0 radical (unpaired) electrons. The molecule has 11 aromatic rings. The molecule has 2 heteroatoms. The number of nitrogens with zero attached hydrogens (tertiary/aromatic N) is 1. The van der Waals surface area contributed by atoms with Crippen LogP contribution in [-0.4, -0.2) is 4.57 Å². The first-order valence-electron chi connectivity index (χ1n) is 18.5. The van der Waals surface area contributed by atoms with Crippen molar-refractivity contribution in [3.8, 4) is 27.9 Å². The zero-order chi connectivity index (χ0) is 35.0. The number of para-hydroxylation sites is 2. The highest BCUT2D eigenvalue weighted by Gasteiger charge is 2.38. The number of aromatic nitrogens is 1. The van der Waals surface area contributed by atoms with Crippen LogP contribution in [0.1, 0.15) is 25.0 Å². The van der Waals surface area contributed by atoms with Crippen LogP contribution in [0.15, 0.2) is 168 Å². The van der Waals surface area contributed by atoms with Crippen LogP contribution >= 0.6 is 0 Å². The van der Waals surface area contributed by atoms with Crippen molar-refractivity contribution in [2.75, 3.05) is 0 Å². The van der Waals surface area contributed by atoms with E-state index in [1.807, 2.05) is 0 Å². The third-order valence-electron chi connectivity index (χ3n) is 12.2. The number of hydrogen-bond donors (Lipinski definition) is 0. The Bertz CT molecular complexity index is 3320. The van der Waals surface area contributed by atoms with Gasteiger partial charge in [-0.1, -0.05) is 129 Å². The summed E-state index contributed by atoms with van der Waals surface area (Å²) in [6.45, 7) is 4.74. The molecule has 1 aliphatic carbocycles. The Balaban J connectivity index is 1.06. The summed E-state index contributed by atoms with van der Waals surface area (Å²) < 4.78 is 8.85. The SMILES string of the molecule is CC1(C)c2cc3c4ccccc4n(-c4ccc(-c5ccc6c7ccccc7c7ccccc7c6c5)cc4)c3cc2-c2c1ccc1oc3ccccc3c21. The minimum Gasteiger partial charge on any atom is -0.456 e. The molecule has 2 aromatic heterocycles. The van der Waals surface area contributed by atoms with Crippen LogP contribution in [0.3, 0.4) is 0 Å². The van der Waals surface area contributed by atoms with E-state index in [1.165, 1.54) is 98.3 Å². The van der Waals surface area contributed by atoms with Gasteiger partial charge in [-0.25, -0.2) is 0 Å². The molecule has 2 heterocycles. The number of benzene rings is 9. The van der Waals surface area contributed by atoms with Crippen LogP contribution in [0.4, 0.5) is 0 Å². The minimum atomic E-state index is -0.145. The summed E-state index contributed by atoms with van der Waals surface area (Å²) >= 11 is 0. The average Bonchev–Trinajstić information content (AvgIpc) is 3.82. The Morgan fingerprint density at radius 2 is 1.02 bits per heavy atom. The second kappa shape index (κ2) is 10.2. The number of fused-ring (bicyclic) bond motifs is 16. The van der Waals surface area contributed by atoms with E-state index in [2.05, 4.69) is 182 Å². The number of rotatable bonds is 2. The summed E-state index contributed by atoms with van der Waals surface area (Å²) in [5, 5.41) is 12.7. The fourth-order valence-corrected chi connectivity index (χ4v) is 9.67. The maximum Gasteiger partial charge on any atom is 0.136 e. The summed E-state index contributed by atoms with van der Waals surface area (Å²) in [5.41, 5.74) is 13.1. The van der Waals surface area contributed by atoms with E-state index in [1.54, 1.807) is 0 Å². The molecule has 12 rings (SSSR count). The highest BCUT2D eigenvalue weighted by atomic mass is 16.3. The number of hydrogen-bond acceptors (Lipinski definition) is 1. The monoisotopic (exact) mass is 675 g/mol. The van der Waals surface area contributed by atoms with Crippen molar-refractivity contribution in [2.24, 2.45) is 0 Å². The molecular weight excluding hydrogens is 643 g/mol. The van der Waals surface area contributed by atoms with Crippen molar-refractivity contribution in [1.29, 1.82) is 0 Å². The van der Waals surface area contributed by atoms with Crippen molar-refractivity contribution >= 4 is 76.1 Å². The summed E-state index contributed by atoms with van der Waals surface area (Å²) in [7, 11) is 0. The van der Waals surface area contributed by atoms with E-state index in [-0.39, 0.29) is 5.41 Å². The molecule has 0 atom stereocenters. The van der Waals surface area contributed by atoms with Gasteiger partial charge < -0.3 is 8.98 Å². The first kappa shape index (κ1) is 29.0. The first-order chi connectivity index (χ1) is 26.0. The maximum absolute atomic E-state index is 6.40. The standard InChI is InChI=1S/C51H33NO/c1-51(2)43-25-26-48-50(39-16-8-10-18-47(39)53-48)49(43)42-29-46-41(28-44(42)51)38-15-7-9-17-45(38)52(46)32-22-19-30(20-23-32)31-21-24-37-35-13-4-3-11-33(35)34-12-5-6-14-36(34)40(37)27-31/h3-29H,1-2H3. The van der Waals surface area contributed by atoms with Gasteiger partial charge in [-0.05, 0) is 114 Å². The van der Waals surface area contributed by atoms with E-state index in [9.17, 15) is 0 Å². The van der Waals surface area contributed by atoms with Gasteiger partial charge in [0, 0.05) is 32.6 Å². The van der Waals surface area contributed by atoms with Gasteiger partial charge in [-0.2, -0.15) is 0 Å². The lowest BCUT2D eigenvalue weighted by Crippen LogP contribution is -2.14. The van der Waals surface area contributed by atoms with Gasteiger partial charge in [0.1, 0.15) is 11.2 Å². The average molecular weight is 676 g/mol. The molecule has 53 heavy (non-hydrogen) atoms. The smallest absolute Gasteiger partial charge is 0.136 e. The summed E-state index contributed by atoms with van der Waals surface area (Å²) in [4.78, 5) is 0. The van der Waals surface area contributed by atoms with Gasteiger partial charge in [-0.3, -0.25) is 0 Å². The van der Waals surface area contributed by atoms with Gasteiger partial charge in [-0.15, -0.1) is 0 Å². The Morgan fingerprint density at radius 1 is 0.415 bits per heavy atom. The second-order valence-corrected chi connectivity index (χ2v) is 15.3. The highest BCUT2D eigenvalue weighted by molar-refractivity contribution is 6.26.